The molecule has 1 saturated heterocycles. The number of aryl methyl sites for hydroxylation is 2. The van der Waals surface area contributed by atoms with Crippen LogP contribution >= 0.6 is 11.3 Å². The van der Waals surface area contributed by atoms with Gasteiger partial charge in [0.1, 0.15) is 10.6 Å². The van der Waals surface area contributed by atoms with Crippen molar-refractivity contribution < 1.29 is 14.0 Å². The Morgan fingerprint density at radius 3 is 2.48 bits per heavy atom. The van der Waals surface area contributed by atoms with Gasteiger partial charge in [-0.15, -0.1) is 11.3 Å². The fourth-order valence-electron chi connectivity index (χ4n) is 3.27. The molecule has 7 heteroatoms. The summed E-state index contributed by atoms with van der Waals surface area (Å²) in [6.45, 7) is 8.99. The lowest BCUT2D eigenvalue weighted by atomic mass is 9.95. The number of carbonyl (C=O) groups excluding carboxylic acids is 2. The van der Waals surface area contributed by atoms with Crippen LogP contribution in [0.2, 0.25) is 0 Å². The Hall–Kier alpha value is -2.15. The first-order valence-electron chi connectivity index (χ1n) is 9.38. The number of nitrogens with zero attached hydrogens (tertiary/aromatic N) is 3. The lowest BCUT2D eigenvalue weighted by molar-refractivity contribution is -0.137. The van der Waals surface area contributed by atoms with Gasteiger partial charge in [0.15, 0.2) is 10.8 Å². The van der Waals surface area contributed by atoms with Gasteiger partial charge >= 0.3 is 0 Å². The number of likely N-dealkylation sites (tertiary alicyclic amines) is 1. The quantitative estimate of drug-likeness (QED) is 0.799. The number of hydrogen-bond donors (Lipinski definition) is 0. The molecule has 0 spiro atoms. The van der Waals surface area contributed by atoms with Gasteiger partial charge in [0.2, 0.25) is 5.91 Å². The molecule has 0 atom stereocenters. The van der Waals surface area contributed by atoms with Crippen molar-refractivity contribution in [2.45, 2.75) is 46.6 Å². The summed E-state index contributed by atoms with van der Waals surface area (Å²) in [6.07, 6.45) is 1.42. The van der Waals surface area contributed by atoms with E-state index in [-0.39, 0.29) is 23.8 Å². The molecule has 0 bridgehead atoms. The molecule has 146 valence electrons. The molecule has 6 nitrogen and oxygen atoms in total. The van der Waals surface area contributed by atoms with Crippen LogP contribution in [0.5, 0.6) is 0 Å². The van der Waals surface area contributed by atoms with E-state index in [0.717, 1.165) is 16.5 Å². The van der Waals surface area contributed by atoms with Gasteiger partial charge in [-0.1, -0.05) is 0 Å². The number of aromatic nitrogens is 1. The van der Waals surface area contributed by atoms with Crippen LogP contribution in [0.15, 0.2) is 16.5 Å². The second kappa shape index (κ2) is 7.84. The van der Waals surface area contributed by atoms with Gasteiger partial charge in [0.05, 0.1) is 5.69 Å². The monoisotopic (exact) mass is 389 g/mol. The number of carbonyl (C=O) groups is 2. The number of thiazole rings is 1. The summed E-state index contributed by atoms with van der Waals surface area (Å²) in [5, 5.41) is 0.729. The summed E-state index contributed by atoms with van der Waals surface area (Å²) < 4.78 is 5.63. The van der Waals surface area contributed by atoms with Gasteiger partial charge in [-0.2, -0.15) is 0 Å². The topological polar surface area (TPSA) is 66.7 Å². The van der Waals surface area contributed by atoms with E-state index in [9.17, 15) is 9.59 Å². The van der Waals surface area contributed by atoms with Crippen molar-refractivity contribution >= 4 is 23.2 Å². The maximum Gasteiger partial charge on any atom is 0.265 e. The highest BCUT2D eigenvalue weighted by Gasteiger charge is 2.31. The Kier molecular flexibility index (Phi) is 5.69. The van der Waals surface area contributed by atoms with Crippen LogP contribution in [-0.4, -0.2) is 52.8 Å². The SMILES string of the molecule is Cc1ccc(-c2nc(C)c(C(=O)N3CCC(C(=O)N(C)C(C)C)CC3)s2)o1. The third-order valence-electron chi connectivity index (χ3n) is 5.20. The highest BCUT2D eigenvalue weighted by Crippen LogP contribution is 2.31. The van der Waals surface area contributed by atoms with Gasteiger partial charge in [0.25, 0.3) is 5.91 Å². The molecule has 1 aliphatic heterocycles. The lowest BCUT2D eigenvalue weighted by Gasteiger charge is -2.34. The highest BCUT2D eigenvalue weighted by atomic mass is 32.1. The Labute approximate surface area is 164 Å². The van der Waals surface area contributed by atoms with Crippen LogP contribution < -0.4 is 0 Å². The molecule has 0 aromatic carbocycles. The Balaban J connectivity index is 1.66. The summed E-state index contributed by atoms with van der Waals surface area (Å²) in [5.41, 5.74) is 0.729. The first-order chi connectivity index (χ1) is 12.8. The Bertz CT molecular complexity index is 831. The average molecular weight is 390 g/mol. The van der Waals surface area contributed by atoms with E-state index in [1.807, 2.05) is 51.8 Å². The minimum atomic E-state index is 0.00245. The molecule has 1 aliphatic rings. The summed E-state index contributed by atoms with van der Waals surface area (Å²) in [7, 11) is 1.85. The summed E-state index contributed by atoms with van der Waals surface area (Å²) in [6, 6.07) is 3.97. The fourth-order valence-corrected chi connectivity index (χ4v) is 4.26. The molecule has 0 unspecified atom stereocenters. The van der Waals surface area contributed by atoms with Crippen LogP contribution in [-0.2, 0) is 4.79 Å². The summed E-state index contributed by atoms with van der Waals surface area (Å²) >= 11 is 1.37. The molecule has 0 saturated carbocycles. The molecule has 3 heterocycles. The van der Waals surface area contributed by atoms with Crippen LogP contribution in [0.4, 0.5) is 0 Å². The van der Waals surface area contributed by atoms with E-state index < -0.39 is 0 Å². The van der Waals surface area contributed by atoms with E-state index >= 15 is 0 Å². The maximum absolute atomic E-state index is 13.0. The molecule has 1 fully saturated rings. The zero-order chi connectivity index (χ0) is 19.7. The number of rotatable bonds is 4. The second-order valence-corrected chi connectivity index (χ2v) is 8.45. The molecule has 3 rings (SSSR count). The third kappa shape index (κ3) is 4.08. The van der Waals surface area contributed by atoms with Gasteiger partial charge in [0, 0.05) is 32.1 Å². The minimum absolute atomic E-state index is 0.00245. The zero-order valence-corrected chi connectivity index (χ0v) is 17.4. The molecule has 2 aromatic heterocycles. The van der Waals surface area contributed by atoms with E-state index in [1.54, 1.807) is 4.90 Å². The standard InChI is InChI=1S/C20H27N3O3S/c1-12(2)22(5)19(24)15-8-10-23(11-9-15)20(25)17-14(4)21-18(27-17)16-7-6-13(3)26-16/h6-7,12,15H,8-11H2,1-5H3. The molecule has 2 aromatic rings. The number of hydrogen-bond acceptors (Lipinski definition) is 5. The molecule has 0 aliphatic carbocycles. The van der Waals surface area contributed by atoms with Gasteiger partial charge in [-0.05, 0) is 52.7 Å². The van der Waals surface area contributed by atoms with Gasteiger partial charge in [-0.3, -0.25) is 9.59 Å². The normalized spacial score (nSPS) is 15.4. The van der Waals surface area contributed by atoms with Crippen molar-refractivity contribution in [3.05, 3.63) is 28.5 Å². The van der Waals surface area contributed by atoms with Crippen LogP contribution in [0.3, 0.4) is 0 Å². The second-order valence-electron chi connectivity index (χ2n) is 7.45. The molecular formula is C20H27N3O3S. The van der Waals surface area contributed by atoms with Crippen LogP contribution in [0, 0.1) is 19.8 Å². The van der Waals surface area contributed by atoms with E-state index in [1.165, 1.54) is 11.3 Å². The molecule has 27 heavy (non-hydrogen) atoms. The van der Waals surface area contributed by atoms with E-state index in [2.05, 4.69) is 4.98 Å². The first kappa shape index (κ1) is 19.6. The molecule has 0 N–H and O–H groups in total. The largest absolute Gasteiger partial charge is 0.459 e. The predicted molar refractivity (Wildman–Crippen MR) is 106 cm³/mol. The van der Waals surface area contributed by atoms with E-state index in [0.29, 0.717) is 36.6 Å². The lowest BCUT2D eigenvalue weighted by Crippen LogP contribution is -2.45. The first-order valence-corrected chi connectivity index (χ1v) is 10.2. The Morgan fingerprint density at radius 1 is 1.26 bits per heavy atom. The van der Waals surface area contributed by atoms with Crippen molar-refractivity contribution in [1.29, 1.82) is 0 Å². The molecular weight excluding hydrogens is 362 g/mol. The fraction of sp³-hybridized carbons (Fsp3) is 0.550. The summed E-state index contributed by atoms with van der Waals surface area (Å²) in [4.78, 5) is 34.3. The highest BCUT2D eigenvalue weighted by molar-refractivity contribution is 7.17. The van der Waals surface area contributed by atoms with Crippen molar-refractivity contribution in [2.75, 3.05) is 20.1 Å². The molecule has 0 radical (unpaired) electrons. The van der Waals surface area contributed by atoms with Gasteiger partial charge in [-0.25, -0.2) is 4.98 Å². The number of piperidine rings is 1. The van der Waals surface area contributed by atoms with Crippen molar-refractivity contribution in [1.82, 2.24) is 14.8 Å². The summed E-state index contributed by atoms with van der Waals surface area (Å²) in [5.74, 6) is 1.71. The minimum Gasteiger partial charge on any atom is -0.459 e. The van der Waals surface area contributed by atoms with Crippen LogP contribution in [0.25, 0.3) is 10.8 Å². The third-order valence-corrected chi connectivity index (χ3v) is 6.36. The maximum atomic E-state index is 13.0. The van der Waals surface area contributed by atoms with Crippen molar-refractivity contribution in [2.24, 2.45) is 5.92 Å². The van der Waals surface area contributed by atoms with Crippen molar-refractivity contribution in [3.8, 4) is 10.8 Å². The van der Waals surface area contributed by atoms with Gasteiger partial charge < -0.3 is 14.2 Å². The average Bonchev–Trinajstić information content (AvgIpc) is 3.25. The molecule has 2 amide bonds. The van der Waals surface area contributed by atoms with Crippen LogP contribution in [0.1, 0.15) is 47.8 Å². The van der Waals surface area contributed by atoms with E-state index in [4.69, 9.17) is 4.42 Å². The van der Waals surface area contributed by atoms with Crippen molar-refractivity contribution in [3.63, 3.8) is 0 Å². The zero-order valence-electron chi connectivity index (χ0n) is 16.6. The number of furan rings is 1. The smallest absolute Gasteiger partial charge is 0.265 e. The Morgan fingerprint density at radius 2 is 1.93 bits per heavy atom. The number of amides is 2. The predicted octanol–water partition coefficient (Wildman–Crippen LogP) is 3.74.